The van der Waals surface area contributed by atoms with Crippen molar-refractivity contribution in [1.82, 2.24) is 0 Å². The number of rotatable bonds is 0. The minimum atomic E-state index is 0.375. The molecule has 1 aromatic carbocycles. The molecule has 0 saturated heterocycles. The van der Waals surface area contributed by atoms with Gasteiger partial charge in [-0.05, 0) is 38.0 Å². The van der Waals surface area contributed by atoms with E-state index in [2.05, 4.69) is 0 Å². The Morgan fingerprint density at radius 1 is 1.21 bits per heavy atom. The maximum Gasteiger partial charge on any atom is 0.136 e. The van der Waals surface area contributed by atoms with Gasteiger partial charge in [-0.15, -0.1) is 11.3 Å². The van der Waals surface area contributed by atoms with Gasteiger partial charge in [0.25, 0.3) is 0 Å². The third-order valence-electron chi connectivity index (χ3n) is 2.55. The first-order valence-corrected chi connectivity index (χ1v) is 5.59. The maximum absolute atomic E-state index is 9.93. The van der Waals surface area contributed by atoms with Gasteiger partial charge in [0.2, 0.25) is 0 Å². The van der Waals surface area contributed by atoms with Gasteiger partial charge in [0, 0.05) is 10.3 Å². The molecule has 0 aliphatic rings. The number of hydrogen-bond donors (Lipinski definition) is 1. The first-order chi connectivity index (χ1) is 6.52. The molecule has 2 rings (SSSR count). The van der Waals surface area contributed by atoms with Crippen molar-refractivity contribution in [3.8, 4) is 5.75 Å². The number of hydrogen-bond acceptors (Lipinski definition) is 2. The van der Waals surface area contributed by atoms with E-state index >= 15 is 0 Å². The highest BCUT2D eigenvalue weighted by atomic mass is 35.5. The van der Waals surface area contributed by atoms with Gasteiger partial charge >= 0.3 is 0 Å². The van der Waals surface area contributed by atoms with Crippen LogP contribution in [0.15, 0.2) is 6.07 Å². The Bertz CT molecular complexity index is 469. The van der Waals surface area contributed by atoms with Crippen molar-refractivity contribution in [3.05, 3.63) is 27.1 Å². The van der Waals surface area contributed by atoms with Crippen molar-refractivity contribution in [1.29, 1.82) is 0 Å². The SMILES string of the molecule is Cc1cc2c(Cl)c(C)c(C)c(O)c2s1. The van der Waals surface area contributed by atoms with Crippen LogP contribution >= 0.6 is 22.9 Å². The highest BCUT2D eigenvalue weighted by molar-refractivity contribution is 7.19. The first kappa shape index (κ1) is 9.81. The number of aromatic hydroxyl groups is 1. The van der Waals surface area contributed by atoms with E-state index < -0.39 is 0 Å². The highest BCUT2D eigenvalue weighted by Crippen LogP contribution is 2.41. The number of phenolic OH excluding ortho intramolecular Hbond substituents is 1. The summed E-state index contributed by atoms with van der Waals surface area (Å²) in [7, 11) is 0. The highest BCUT2D eigenvalue weighted by Gasteiger charge is 2.14. The van der Waals surface area contributed by atoms with Crippen molar-refractivity contribution in [2.45, 2.75) is 20.8 Å². The molecule has 0 bridgehead atoms. The van der Waals surface area contributed by atoms with Gasteiger partial charge in [0.05, 0.1) is 9.72 Å². The number of thiophene rings is 1. The summed E-state index contributed by atoms with van der Waals surface area (Å²) < 4.78 is 0.899. The Balaban J connectivity index is 3.01. The Labute approximate surface area is 91.9 Å². The van der Waals surface area contributed by atoms with Gasteiger partial charge in [0.1, 0.15) is 5.75 Å². The minimum Gasteiger partial charge on any atom is -0.506 e. The van der Waals surface area contributed by atoms with Gasteiger partial charge in [-0.1, -0.05) is 11.6 Å². The largest absolute Gasteiger partial charge is 0.506 e. The van der Waals surface area contributed by atoms with E-state index in [1.54, 1.807) is 11.3 Å². The third-order valence-corrected chi connectivity index (χ3v) is 4.10. The number of fused-ring (bicyclic) bond motifs is 1. The van der Waals surface area contributed by atoms with Crippen LogP contribution in [0.3, 0.4) is 0 Å². The molecule has 2 aromatic rings. The van der Waals surface area contributed by atoms with E-state index in [0.29, 0.717) is 5.75 Å². The van der Waals surface area contributed by atoms with Gasteiger partial charge in [-0.25, -0.2) is 0 Å². The van der Waals surface area contributed by atoms with Crippen LogP contribution < -0.4 is 0 Å². The lowest BCUT2D eigenvalue weighted by atomic mass is 10.1. The topological polar surface area (TPSA) is 20.2 Å². The van der Waals surface area contributed by atoms with Crippen molar-refractivity contribution >= 4 is 33.0 Å². The summed E-state index contributed by atoms with van der Waals surface area (Å²) in [6, 6.07) is 2.02. The number of benzene rings is 1. The minimum absolute atomic E-state index is 0.375. The Kier molecular flexibility index (Phi) is 2.20. The van der Waals surface area contributed by atoms with E-state index in [0.717, 1.165) is 26.2 Å². The van der Waals surface area contributed by atoms with Crippen LogP contribution in [0, 0.1) is 20.8 Å². The van der Waals surface area contributed by atoms with Gasteiger partial charge in [-0.2, -0.15) is 0 Å². The fraction of sp³-hybridized carbons (Fsp3) is 0.273. The van der Waals surface area contributed by atoms with Gasteiger partial charge in [0.15, 0.2) is 0 Å². The monoisotopic (exact) mass is 226 g/mol. The van der Waals surface area contributed by atoms with E-state index in [1.165, 1.54) is 4.88 Å². The molecule has 0 saturated carbocycles. The summed E-state index contributed by atoms with van der Waals surface area (Å²) >= 11 is 7.79. The molecule has 1 aromatic heterocycles. The van der Waals surface area contributed by atoms with Crippen LogP contribution in [0.25, 0.3) is 10.1 Å². The molecule has 74 valence electrons. The lowest BCUT2D eigenvalue weighted by Crippen LogP contribution is -1.84. The molecule has 0 atom stereocenters. The summed E-state index contributed by atoms with van der Waals surface area (Å²) in [5.74, 6) is 0.375. The normalized spacial score (nSPS) is 11.1. The fourth-order valence-electron chi connectivity index (χ4n) is 1.57. The molecule has 1 N–H and O–H groups in total. The predicted octanol–water partition coefficient (Wildman–Crippen LogP) is 4.19. The fourth-order valence-corrected chi connectivity index (χ4v) is 2.93. The van der Waals surface area contributed by atoms with Crippen molar-refractivity contribution in [3.63, 3.8) is 0 Å². The second-order valence-corrected chi connectivity index (χ2v) is 5.15. The zero-order chi connectivity index (χ0) is 10.5. The zero-order valence-electron chi connectivity index (χ0n) is 8.31. The molecule has 0 fully saturated rings. The molecule has 0 unspecified atom stereocenters. The molecule has 0 spiro atoms. The molecule has 3 heteroatoms. The number of aryl methyl sites for hydroxylation is 1. The molecule has 0 aliphatic carbocycles. The molecule has 14 heavy (non-hydrogen) atoms. The summed E-state index contributed by atoms with van der Waals surface area (Å²) in [4.78, 5) is 1.17. The standard InChI is InChI=1S/C11H11ClOS/c1-5-4-8-9(12)6(2)7(3)10(13)11(8)14-5/h4,13H,1-3H3. The lowest BCUT2D eigenvalue weighted by Gasteiger charge is -2.07. The first-order valence-electron chi connectivity index (χ1n) is 4.40. The lowest BCUT2D eigenvalue weighted by molar-refractivity contribution is 0.478. The van der Waals surface area contributed by atoms with E-state index in [9.17, 15) is 5.11 Å². The molecule has 0 aliphatic heterocycles. The number of phenols is 1. The van der Waals surface area contributed by atoms with Crippen molar-refractivity contribution in [2.24, 2.45) is 0 Å². The van der Waals surface area contributed by atoms with Crippen LogP contribution in [0.4, 0.5) is 0 Å². The predicted molar refractivity (Wildman–Crippen MR) is 62.7 cm³/mol. The second kappa shape index (κ2) is 3.14. The van der Waals surface area contributed by atoms with Crippen LogP contribution in [0.5, 0.6) is 5.75 Å². The number of halogens is 1. The van der Waals surface area contributed by atoms with Gasteiger partial charge < -0.3 is 5.11 Å². The molecule has 1 nitrogen and oxygen atoms in total. The molecule has 0 radical (unpaired) electrons. The summed E-state index contributed by atoms with van der Waals surface area (Å²) in [5.41, 5.74) is 1.85. The second-order valence-electron chi connectivity index (χ2n) is 3.51. The average molecular weight is 227 g/mol. The molecular formula is C11H11ClOS. The van der Waals surface area contributed by atoms with Crippen LogP contribution in [0.1, 0.15) is 16.0 Å². The van der Waals surface area contributed by atoms with E-state index in [4.69, 9.17) is 11.6 Å². The average Bonchev–Trinajstić information content (AvgIpc) is 2.54. The quantitative estimate of drug-likeness (QED) is 0.714. The summed E-state index contributed by atoms with van der Waals surface area (Å²) in [6.45, 7) is 5.85. The molecule has 1 heterocycles. The van der Waals surface area contributed by atoms with E-state index in [1.807, 2.05) is 26.8 Å². The van der Waals surface area contributed by atoms with Crippen LogP contribution in [-0.4, -0.2) is 5.11 Å². The van der Waals surface area contributed by atoms with Crippen molar-refractivity contribution < 1.29 is 5.11 Å². The summed E-state index contributed by atoms with van der Waals surface area (Å²) in [6.07, 6.45) is 0. The summed E-state index contributed by atoms with van der Waals surface area (Å²) in [5, 5.41) is 11.7. The Hall–Kier alpha value is -0.730. The Morgan fingerprint density at radius 2 is 1.86 bits per heavy atom. The molecule has 0 amide bonds. The smallest absolute Gasteiger partial charge is 0.136 e. The van der Waals surface area contributed by atoms with Crippen LogP contribution in [0.2, 0.25) is 5.02 Å². The molecular weight excluding hydrogens is 216 g/mol. The zero-order valence-corrected chi connectivity index (χ0v) is 9.88. The Morgan fingerprint density at radius 3 is 2.50 bits per heavy atom. The van der Waals surface area contributed by atoms with Crippen molar-refractivity contribution in [2.75, 3.05) is 0 Å². The van der Waals surface area contributed by atoms with E-state index in [-0.39, 0.29) is 0 Å². The van der Waals surface area contributed by atoms with Gasteiger partial charge in [-0.3, -0.25) is 0 Å². The van der Waals surface area contributed by atoms with Crippen LogP contribution in [-0.2, 0) is 0 Å². The maximum atomic E-state index is 9.93. The third kappa shape index (κ3) is 1.22.